The Kier molecular flexibility index (Phi) is 3.72. The molecule has 2 aromatic rings. The molecule has 3 heteroatoms. The van der Waals surface area contributed by atoms with E-state index in [1.165, 1.54) is 5.56 Å². The maximum absolute atomic E-state index is 10.6. The van der Waals surface area contributed by atoms with Crippen LogP contribution in [0.5, 0.6) is 0 Å². The molecule has 1 heterocycles. The first-order valence-corrected chi connectivity index (χ1v) is 5.94. The zero-order chi connectivity index (χ0) is 11.2. The Balaban J connectivity index is 2.02. The van der Waals surface area contributed by atoms with Crippen molar-refractivity contribution in [2.45, 2.75) is 10.6 Å². The van der Waals surface area contributed by atoms with Crippen molar-refractivity contribution >= 4 is 18.0 Å². The number of pyridine rings is 1. The van der Waals surface area contributed by atoms with Gasteiger partial charge >= 0.3 is 0 Å². The normalized spacial score (nSPS) is 10.0. The van der Waals surface area contributed by atoms with Crippen LogP contribution < -0.4 is 0 Å². The number of hydrogen-bond donors (Lipinski definition) is 0. The second kappa shape index (κ2) is 5.47. The Hall–Kier alpha value is -1.61. The molecule has 0 fully saturated rings. The monoisotopic (exact) mass is 229 g/mol. The molecule has 1 aromatic carbocycles. The number of carbonyl (C=O) groups is 1. The second-order valence-electron chi connectivity index (χ2n) is 3.34. The molecule has 1 aromatic heterocycles. The first kappa shape index (κ1) is 10.9. The van der Waals surface area contributed by atoms with E-state index in [1.54, 1.807) is 24.0 Å². The maximum Gasteiger partial charge on any atom is 0.150 e. The van der Waals surface area contributed by atoms with Gasteiger partial charge in [-0.1, -0.05) is 18.2 Å². The van der Waals surface area contributed by atoms with E-state index in [4.69, 9.17) is 0 Å². The summed E-state index contributed by atoms with van der Waals surface area (Å²) in [7, 11) is 0. The van der Waals surface area contributed by atoms with Crippen LogP contribution in [0.1, 0.15) is 15.9 Å². The van der Waals surface area contributed by atoms with E-state index in [1.807, 2.05) is 36.5 Å². The van der Waals surface area contributed by atoms with Crippen molar-refractivity contribution in [1.29, 1.82) is 0 Å². The molecule has 2 rings (SSSR count). The molecule has 0 aliphatic heterocycles. The van der Waals surface area contributed by atoms with Gasteiger partial charge in [-0.2, -0.15) is 0 Å². The van der Waals surface area contributed by atoms with Crippen molar-refractivity contribution < 1.29 is 4.79 Å². The fourth-order valence-corrected chi connectivity index (χ4v) is 2.23. The molecule has 0 radical (unpaired) electrons. The highest BCUT2D eigenvalue weighted by molar-refractivity contribution is 7.98. The highest BCUT2D eigenvalue weighted by Gasteiger charge is 1.97. The van der Waals surface area contributed by atoms with Crippen LogP contribution in [-0.4, -0.2) is 11.3 Å². The number of nitrogens with zero attached hydrogens (tertiary/aromatic N) is 1. The van der Waals surface area contributed by atoms with Crippen LogP contribution >= 0.6 is 11.8 Å². The van der Waals surface area contributed by atoms with Crippen LogP contribution in [0.4, 0.5) is 0 Å². The summed E-state index contributed by atoms with van der Waals surface area (Å²) >= 11 is 1.70. The van der Waals surface area contributed by atoms with Crippen molar-refractivity contribution in [3.8, 4) is 0 Å². The molecule has 0 N–H and O–H groups in total. The van der Waals surface area contributed by atoms with Crippen molar-refractivity contribution in [3.63, 3.8) is 0 Å². The first-order valence-electron chi connectivity index (χ1n) is 4.95. The summed E-state index contributed by atoms with van der Waals surface area (Å²) in [5.74, 6) is 0.871. The van der Waals surface area contributed by atoms with E-state index < -0.39 is 0 Å². The summed E-state index contributed by atoms with van der Waals surface area (Å²) in [4.78, 5) is 15.8. The average Bonchev–Trinajstić information content (AvgIpc) is 2.38. The molecule has 0 amide bonds. The van der Waals surface area contributed by atoms with Crippen molar-refractivity contribution in [3.05, 3.63) is 59.9 Å². The van der Waals surface area contributed by atoms with Crippen LogP contribution in [-0.2, 0) is 5.75 Å². The fourth-order valence-electron chi connectivity index (χ4n) is 1.33. The third kappa shape index (κ3) is 2.94. The molecule has 16 heavy (non-hydrogen) atoms. The molecule has 0 aliphatic rings. The lowest BCUT2D eigenvalue weighted by Gasteiger charge is -2.01. The molecule has 80 valence electrons. The molecule has 0 atom stereocenters. The molecule has 0 saturated carbocycles. The van der Waals surface area contributed by atoms with Crippen LogP contribution in [0, 0.1) is 0 Å². The molecule has 0 aliphatic carbocycles. The minimum absolute atomic E-state index is 0.719. The van der Waals surface area contributed by atoms with Crippen LogP contribution in [0.15, 0.2) is 53.7 Å². The average molecular weight is 229 g/mol. The Labute approximate surface area is 98.7 Å². The second-order valence-corrected chi connectivity index (χ2v) is 4.39. The smallest absolute Gasteiger partial charge is 0.150 e. The zero-order valence-electron chi connectivity index (χ0n) is 8.67. The quantitative estimate of drug-likeness (QED) is 0.595. The summed E-state index contributed by atoms with van der Waals surface area (Å²) in [5.41, 5.74) is 1.90. The van der Waals surface area contributed by atoms with Gasteiger partial charge in [-0.3, -0.25) is 9.78 Å². The van der Waals surface area contributed by atoms with Gasteiger partial charge in [0.2, 0.25) is 0 Å². The molecule has 0 spiro atoms. The Bertz CT molecular complexity index is 470. The van der Waals surface area contributed by atoms with Gasteiger partial charge in [0.05, 0.1) is 0 Å². The van der Waals surface area contributed by atoms with E-state index in [0.29, 0.717) is 0 Å². The summed E-state index contributed by atoms with van der Waals surface area (Å²) in [6.07, 6.45) is 4.49. The van der Waals surface area contributed by atoms with Gasteiger partial charge in [0.1, 0.15) is 6.29 Å². The van der Waals surface area contributed by atoms with Gasteiger partial charge in [0.15, 0.2) is 0 Å². The Morgan fingerprint density at radius 1 is 1.25 bits per heavy atom. The van der Waals surface area contributed by atoms with Gasteiger partial charge in [0, 0.05) is 28.6 Å². The minimum Gasteiger partial charge on any atom is -0.298 e. The minimum atomic E-state index is 0.719. The highest BCUT2D eigenvalue weighted by Crippen LogP contribution is 2.22. The van der Waals surface area contributed by atoms with E-state index in [9.17, 15) is 4.79 Å². The number of hydrogen-bond acceptors (Lipinski definition) is 3. The number of carbonyl (C=O) groups excluding carboxylic acids is 1. The van der Waals surface area contributed by atoms with Crippen LogP contribution in [0.25, 0.3) is 0 Å². The fraction of sp³-hybridized carbons (Fsp3) is 0.0769. The number of rotatable bonds is 4. The third-order valence-electron chi connectivity index (χ3n) is 2.12. The van der Waals surface area contributed by atoms with E-state index in [0.717, 1.165) is 22.5 Å². The van der Waals surface area contributed by atoms with Crippen molar-refractivity contribution in [1.82, 2.24) is 4.98 Å². The number of thioether (sulfide) groups is 1. The van der Waals surface area contributed by atoms with Crippen molar-refractivity contribution in [2.24, 2.45) is 0 Å². The summed E-state index contributed by atoms with van der Waals surface area (Å²) in [6, 6.07) is 11.6. The predicted octanol–water partition coefficient (Wildman–Crippen LogP) is 3.19. The highest BCUT2D eigenvalue weighted by atomic mass is 32.2. The summed E-state index contributed by atoms with van der Waals surface area (Å²) in [6.45, 7) is 0. The van der Waals surface area contributed by atoms with E-state index in [-0.39, 0.29) is 0 Å². The number of aromatic nitrogens is 1. The van der Waals surface area contributed by atoms with Gasteiger partial charge < -0.3 is 0 Å². The molecule has 0 bridgehead atoms. The van der Waals surface area contributed by atoms with E-state index in [2.05, 4.69) is 4.98 Å². The van der Waals surface area contributed by atoms with Crippen LogP contribution in [0.3, 0.4) is 0 Å². The zero-order valence-corrected chi connectivity index (χ0v) is 9.48. The van der Waals surface area contributed by atoms with Gasteiger partial charge in [0.25, 0.3) is 0 Å². The topological polar surface area (TPSA) is 30.0 Å². The standard InChI is InChI=1S/C13H11NOS/c15-9-11-3-1-5-13(7-11)16-10-12-4-2-6-14-8-12/h1-9H,10H2. The molecule has 0 saturated heterocycles. The van der Waals surface area contributed by atoms with Gasteiger partial charge in [-0.05, 0) is 23.8 Å². The number of benzene rings is 1. The SMILES string of the molecule is O=Cc1cccc(SCc2cccnc2)c1. The number of aldehydes is 1. The Morgan fingerprint density at radius 3 is 2.94 bits per heavy atom. The maximum atomic E-state index is 10.6. The molecule has 2 nitrogen and oxygen atoms in total. The lowest BCUT2D eigenvalue weighted by atomic mass is 10.2. The summed E-state index contributed by atoms with van der Waals surface area (Å²) < 4.78 is 0. The lowest BCUT2D eigenvalue weighted by Crippen LogP contribution is -1.83. The lowest BCUT2D eigenvalue weighted by molar-refractivity contribution is 0.112. The largest absolute Gasteiger partial charge is 0.298 e. The predicted molar refractivity (Wildman–Crippen MR) is 65.6 cm³/mol. The third-order valence-corrected chi connectivity index (χ3v) is 3.19. The molecule has 0 unspecified atom stereocenters. The molecular formula is C13H11NOS. The first-order chi connectivity index (χ1) is 7.88. The van der Waals surface area contributed by atoms with Crippen LogP contribution in [0.2, 0.25) is 0 Å². The Morgan fingerprint density at radius 2 is 2.19 bits per heavy atom. The summed E-state index contributed by atoms with van der Waals surface area (Å²) in [5, 5.41) is 0. The molecular weight excluding hydrogens is 218 g/mol. The van der Waals surface area contributed by atoms with Gasteiger partial charge in [-0.15, -0.1) is 11.8 Å². The van der Waals surface area contributed by atoms with Crippen molar-refractivity contribution in [2.75, 3.05) is 0 Å². The van der Waals surface area contributed by atoms with E-state index >= 15 is 0 Å². The van der Waals surface area contributed by atoms with Gasteiger partial charge in [-0.25, -0.2) is 0 Å².